The zero-order valence-corrected chi connectivity index (χ0v) is 16.4. The Morgan fingerprint density at radius 2 is 2.00 bits per heavy atom. The lowest BCUT2D eigenvalue weighted by Gasteiger charge is -2.14. The maximum Gasteiger partial charge on any atom is 0.303 e. The normalized spacial score (nSPS) is 12.6. The second-order valence-electron chi connectivity index (χ2n) is 6.47. The molecule has 0 aliphatic heterocycles. The van der Waals surface area contributed by atoms with Gasteiger partial charge < -0.3 is 14.9 Å². The van der Waals surface area contributed by atoms with Crippen LogP contribution in [0.15, 0.2) is 24.3 Å². The molecule has 6 heteroatoms. The molecular formula is C21H27ClO5. The number of hydrogen-bond acceptors (Lipinski definition) is 4. The van der Waals surface area contributed by atoms with Crippen LogP contribution in [0.2, 0.25) is 5.02 Å². The van der Waals surface area contributed by atoms with E-state index in [1.807, 2.05) is 0 Å². The molecule has 0 saturated carbocycles. The molecule has 1 rings (SSSR count). The molecule has 2 unspecified atom stereocenters. The summed E-state index contributed by atoms with van der Waals surface area (Å²) in [5.74, 6) is 5.61. The van der Waals surface area contributed by atoms with Crippen LogP contribution in [-0.2, 0) is 9.59 Å². The topological polar surface area (TPSA) is 83.8 Å². The maximum atomic E-state index is 11.7. The summed E-state index contributed by atoms with van der Waals surface area (Å²) in [6.45, 7) is 1.73. The van der Waals surface area contributed by atoms with Crippen molar-refractivity contribution in [1.82, 2.24) is 0 Å². The smallest absolute Gasteiger partial charge is 0.303 e. The number of carboxylic acid groups (broad SMARTS) is 1. The number of Topliss-reactive ketones (excluding diaryl/α,β-unsaturated/α-hetero) is 1. The fourth-order valence-electron chi connectivity index (χ4n) is 2.49. The lowest BCUT2D eigenvalue weighted by Crippen LogP contribution is -2.18. The lowest BCUT2D eigenvalue weighted by molar-refractivity contribution is -0.137. The van der Waals surface area contributed by atoms with Crippen LogP contribution in [0.4, 0.5) is 0 Å². The number of halogens is 1. The van der Waals surface area contributed by atoms with Crippen LogP contribution in [0.25, 0.3) is 0 Å². The predicted octanol–water partition coefficient (Wildman–Crippen LogP) is 4.10. The van der Waals surface area contributed by atoms with E-state index in [4.69, 9.17) is 21.4 Å². The van der Waals surface area contributed by atoms with Crippen LogP contribution in [0, 0.1) is 17.8 Å². The van der Waals surface area contributed by atoms with Crippen molar-refractivity contribution >= 4 is 23.4 Å². The summed E-state index contributed by atoms with van der Waals surface area (Å²) in [5, 5.41) is 19.2. The highest BCUT2D eigenvalue weighted by atomic mass is 35.5. The molecule has 2 atom stereocenters. The Balaban J connectivity index is 2.26. The van der Waals surface area contributed by atoms with Gasteiger partial charge in [-0.2, -0.15) is 0 Å². The first-order valence-electron chi connectivity index (χ1n) is 9.13. The molecule has 0 heterocycles. The molecule has 5 nitrogen and oxygen atoms in total. The highest BCUT2D eigenvalue weighted by Crippen LogP contribution is 2.18. The van der Waals surface area contributed by atoms with Crippen molar-refractivity contribution in [3.8, 4) is 17.6 Å². The van der Waals surface area contributed by atoms with E-state index in [0.717, 1.165) is 0 Å². The predicted molar refractivity (Wildman–Crippen MR) is 105 cm³/mol. The van der Waals surface area contributed by atoms with E-state index in [2.05, 4.69) is 11.8 Å². The molecular weight excluding hydrogens is 368 g/mol. The minimum absolute atomic E-state index is 0.0829. The van der Waals surface area contributed by atoms with Gasteiger partial charge in [0.2, 0.25) is 0 Å². The molecule has 2 N–H and O–H groups in total. The monoisotopic (exact) mass is 394 g/mol. The summed E-state index contributed by atoms with van der Waals surface area (Å²) < 4.78 is 5.51. The Bertz CT molecular complexity index is 662. The number of aliphatic carboxylic acids is 1. The van der Waals surface area contributed by atoms with Gasteiger partial charge in [-0.3, -0.25) is 9.59 Å². The average molecular weight is 395 g/mol. The van der Waals surface area contributed by atoms with Gasteiger partial charge in [0.1, 0.15) is 18.1 Å². The zero-order valence-electron chi connectivity index (χ0n) is 15.6. The number of aliphatic hydroxyl groups excluding tert-OH is 1. The minimum atomic E-state index is -0.823. The van der Waals surface area contributed by atoms with Gasteiger partial charge in [0.25, 0.3) is 0 Å². The van der Waals surface area contributed by atoms with Crippen molar-refractivity contribution in [2.24, 2.45) is 5.92 Å². The molecule has 1 aromatic carbocycles. The summed E-state index contributed by atoms with van der Waals surface area (Å²) >= 11 is 5.88. The van der Waals surface area contributed by atoms with E-state index in [-0.39, 0.29) is 24.7 Å². The van der Waals surface area contributed by atoms with E-state index in [0.29, 0.717) is 49.3 Å². The number of aliphatic hydroxyl groups is 1. The second kappa shape index (κ2) is 13.2. The number of benzene rings is 1. The van der Waals surface area contributed by atoms with Crippen LogP contribution in [-0.4, -0.2) is 34.7 Å². The molecule has 148 valence electrons. The van der Waals surface area contributed by atoms with Gasteiger partial charge in [0, 0.05) is 30.2 Å². The standard InChI is InChI=1S/C21H27ClO5/c1-16(23)17(8-4-2-3-5-13-21(25)26)9-6-11-19(24)15-27-20-12-7-10-18(22)14-20/h7,10,12,14,17,19,24H,3,5-6,8-9,11,13,15H2,1H3,(H,25,26). The van der Waals surface area contributed by atoms with Crippen LogP contribution in [0.5, 0.6) is 5.75 Å². The molecule has 0 amide bonds. The third-order valence-electron chi connectivity index (χ3n) is 4.07. The van der Waals surface area contributed by atoms with Gasteiger partial charge in [-0.25, -0.2) is 0 Å². The quantitative estimate of drug-likeness (QED) is 0.412. The van der Waals surface area contributed by atoms with Crippen molar-refractivity contribution in [2.75, 3.05) is 6.61 Å². The summed E-state index contributed by atoms with van der Waals surface area (Å²) in [5.41, 5.74) is 0. The first-order valence-corrected chi connectivity index (χ1v) is 9.50. The van der Waals surface area contributed by atoms with Crippen LogP contribution < -0.4 is 4.74 Å². The van der Waals surface area contributed by atoms with E-state index >= 15 is 0 Å². The molecule has 0 bridgehead atoms. The molecule has 0 aromatic heterocycles. The molecule has 0 aliphatic carbocycles. The first kappa shape index (κ1) is 23.0. The SMILES string of the molecule is CC(=O)C(CC#CCCCC(=O)O)CCCC(O)COc1cccc(Cl)c1. The summed E-state index contributed by atoms with van der Waals surface area (Å²) in [4.78, 5) is 22.1. The molecule has 1 aromatic rings. The van der Waals surface area contributed by atoms with Crippen LogP contribution in [0.1, 0.15) is 51.9 Å². The molecule has 27 heavy (non-hydrogen) atoms. The lowest BCUT2D eigenvalue weighted by atomic mass is 9.94. The highest BCUT2D eigenvalue weighted by Gasteiger charge is 2.14. The Kier molecular flexibility index (Phi) is 11.2. The van der Waals surface area contributed by atoms with Crippen molar-refractivity contribution in [2.45, 2.75) is 58.0 Å². The Labute approximate surface area is 165 Å². The fourth-order valence-corrected chi connectivity index (χ4v) is 2.67. The van der Waals surface area contributed by atoms with Gasteiger partial charge >= 0.3 is 5.97 Å². The van der Waals surface area contributed by atoms with Gasteiger partial charge in [-0.15, -0.1) is 11.8 Å². The molecule has 0 aliphatic rings. The van der Waals surface area contributed by atoms with Crippen LogP contribution >= 0.6 is 11.6 Å². The highest BCUT2D eigenvalue weighted by molar-refractivity contribution is 6.30. The number of unbranched alkanes of at least 4 members (excludes halogenated alkanes) is 1. The zero-order chi connectivity index (χ0) is 20.1. The minimum Gasteiger partial charge on any atom is -0.491 e. The molecule has 0 radical (unpaired) electrons. The van der Waals surface area contributed by atoms with Gasteiger partial charge in [0.05, 0.1) is 6.10 Å². The van der Waals surface area contributed by atoms with Gasteiger partial charge in [-0.05, 0) is 50.8 Å². The number of ether oxygens (including phenoxy) is 1. The Morgan fingerprint density at radius 1 is 1.22 bits per heavy atom. The fraction of sp³-hybridized carbons (Fsp3) is 0.524. The summed E-state index contributed by atoms with van der Waals surface area (Å²) in [6.07, 6.45) is 2.91. The molecule has 0 saturated heterocycles. The Hall–Kier alpha value is -2.03. The third-order valence-corrected chi connectivity index (χ3v) is 4.30. The van der Waals surface area contributed by atoms with E-state index in [9.17, 15) is 14.7 Å². The average Bonchev–Trinajstić information content (AvgIpc) is 2.60. The largest absolute Gasteiger partial charge is 0.491 e. The third kappa shape index (κ3) is 11.3. The number of rotatable bonds is 12. The number of hydrogen-bond donors (Lipinski definition) is 2. The molecule has 0 spiro atoms. The van der Waals surface area contributed by atoms with Crippen LogP contribution in [0.3, 0.4) is 0 Å². The second-order valence-corrected chi connectivity index (χ2v) is 6.90. The summed E-state index contributed by atoms with van der Waals surface area (Å²) in [6, 6.07) is 7.00. The van der Waals surface area contributed by atoms with Crippen molar-refractivity contribution in [3.63, 3.8) is 0 Å². The number of carbonyl (C=O) groups excluding carboxylic acids is 1. The summed E-state index contributed by atoms with van der Waals surface area (Å²) in [7, 11) is 0. The van der Waals surface area contributed by atoms with Crippen molar-refractivity contribution < 1.29 is 24.5 Å². The van der Waals surface area contributed by atoms with E-state index in [1.165, 1.54) is 0 Å². The number of carbonyl (C=O) groups is 2. The maximum absolute atomic E-state index is 11.7. The molecule has 0 fully saturated rings. The number of ketones is 1. The van der Waals surface area contributed by atoms with Gasteiger partial charge in [-0.1, -0.05) is 17.7 Å². The van der Waals surface area contributed by atoms with Gasteiger partial charge in [0.15, 0.2) is 0 Å². The first-order chi connectivity index (χ1) is 12.9. The van der Waals surface area contributed by atoms with E-state index in [1.54, 1.807) is 31.2 Å². The Morgan fingerprint density at radius 3 is 2.67 bits per heavy atom. The number of carboxylic acids is 1. The van der Waals surface area contributed by atoms with Crippen molar-refractivity contribution in [3.05, 3.63) is 29.3 Å². The van der Waals surface area contributed by atoms with Crippen molar-refractivity contribution in [1.29, 1.82) is 0 Å². The van der Waals surface area contributed by atoms with E-state index < -0.39 is 12.1 Å².